The molecule has 0 saturated heterocycles. The molecule has 3 saturated carbocycles. The van der Waals surface area contributed by atoms with Crippen LogP contribution in [0.1, 0.15) is 97.6 Å². The molecule has 1 nitrogen and oxygen atoms in total. The summed E-state index contributed by atoms with van der Waals surface area (Å²) in [5.41, 5.74) is 7.00. The molecule has 0 aromatic heterocycles. The summed E-state index contributed by atoms with van der Waals surface area (Å²) in [5.74, 6) is 0.371. The van der Waals surface area contributed by atoms with E-state index in [9.17, 15) is 13.9 Å². The smallest absolute Gasteiger partial charge is 0.264 e. The van der Waals surface area contributed by atoms with Gasteiger partial charge in [-0.05, 0) is 114 Å². The van der Waals surface area contributed by atoms with Crippen LogP contribution in [0.2, 0.25) is 0 Å². The first-order valence-corrected chi connectivity index (χ1v) is 11.6. The molecule has 0 aliphatic heterocycles. The van der Waals surface area contributed by atoms with Crippen LogP contribution in [0.3, 0.4) is 0 Å². The number of alkyl halides is 2. The molecule has 3 heteroatoms. The minimum absolute atomic E-state index is 0.122. The van der Waals surface area contributed by atoms with E-state index in [-0.39, 0.29) is 16.4 Å². The van der Waals surface area contributed by atoms with Crippen LogP contribution >= 0.6 is 0 Å². The number of benzene rings is 2. The highest BCUT2D eigenvalue weighted by Crippen LogP contribution is 2.66. The third-order valence-electron chi connectivity index (χ3n) is 8.48. The number of allylic oxidation sites excluding steroid dienone is 1. The molecule has 0 radical (unpaired) electrons. The lowest BCUT2D eigenvalue weighted by Gasteiger charge is -2.34. The maximum absolute atomic E-state index is 14.2. The first-order valence-electron chi connectivity index (χ1n) is 11.6. The van der Waals surface area contributed by atoms with E-state index < -0.39 is 6.43 Å². The molecule has 0 amide bonds. The van der Waals surface area contributed by atoms with Crippen LogP contribution in [0.25, 0.3) is 11.3 Å². The van der Waals surface area contributed by atoms with Gasteiger partial charge in [-0.15, -0.1) is 0 Å². The van der Waals surface area contributed by atoms with Crippen LogP contribution < -0.4 is 0 Å². The molecule has 0 atom stereocenters. The second kappa shape index (κ2) is 6.54. The van der Waals surface area contributed by atoms with Crippen molar-refractivity contribution in [3.05, 3.63) is 81.9 Å². The van der Waals surface area contributed by atoms with Crippen molar-refractivity contribution in [1.29, 1.82) is 0 Å². The highest BCUT2D eigenvalue weighted by Gasteiger charge is 2.57. The summed E-state index contributed by atoms with van der Waals surface area (Å²) in [6.07, 6.45) is 7.51. The van der Waals surface area contributed by atoms with Gasteiger partial charge < -0.3 is 5.11 Å². The fourth-order valence-electron chi connectivity index (χ4n) is 5.80. The van der Waals surface area contributed by atoms with Crippen LogP contribution in [-0.4, -0.2) is 5.11 Å². The van der Waals surface area contributed by atoms with Crippen molar-refractivity contribution in [2.75, 3.05) is 0 Å². The van der Waals surface area contributed by atoms with Crippen molar-refractivity contribution < 1.29 is 13.9 Å². The Bertz CT molecular complexity index is 1110. The highest BCUT2D eigenvalue weighted by atomic mass is 19.3. The van der Waals surface area contributed by atoms with Gasteiger partial charge >= 0.3 is 0 Å². The van der Waals surface area contributed by atoms with Crippen molar-refractivity contribution in [3.63, 3.8) is 0 Å². The summed E-state index contributed by atoms with van der Waals surface area (Å²) in [6.45, 7) is 4.24. The maximum atomic E-state index is 14.2. The number of hydrogen-bond acceptors (Lipinski definition) is 1. The van der Waals surface area contributed by atoms with E-state index in [1.165, 1.54) is 30.4 Å². The van der Waals surface area contributed by atoms with Gasteiger partial charge in [0, 0.05) is 11.1 Å². The lowest BCUT2D eigenvalue weighted by molar-refractivity contribution is 0.151. The zero-order chi connectivity index (χ0) is 21.4. The second-order valence-electron chi connectivity index (χ2n) is 10.2. The van der Waals surface area contributed by atoms with E-state index in [2.05, 4.69) is 12.6 Å². The molecule has 31 heavy (non-hydrogen) atoms. The van der Waals surface area contributed by atoms with Gasteiger partial charge in [0.2, 0.25) is 0 Å². The standard InChI is InChI=1S/C28H28F2O/c1-17(18-5-7-20(8-6-18)25(31)19-3-2-4-19)21-15-23-24(16-22(21)26(29)30)28(13-14-28)12-11-27(23)9-10-27/h5-8,15-16,26,31H,1-4,9-14H2. The number of rotatable bonds is 4. The summed E-state index contributed by atoms with van der Waals surface area (Å²) >= 11 is 0. The summed E-state index contributed by atoms with van der Waals surface area (Å²) in [7, 11) is 0. The van der Waals surface area contributed by atoms with Crippen molar-refractivity contribution in [2.24, 2.45) is 0 Å². The number of halogens is 2. The molecule has 0 heterocycles. The molecule has 1 N–H and O–H groups in total. The van der Waals surface area contributed by atoms with Crippen molar-refractivity contribution >= 4 is 11.3 Å². The van der Waals surface area contributed by atoms with E-state index in [0.717, 1.165) is 55.2 Å². The van der Waals surface area contributed by atoms with Crippen molar-refractivity contribution in [1.82, 2.24) is 0 Å². The first kappa shape index (κ1) is 19.3. The molecule has 160 valence electrons. The Balaban J connectivity index is 1.40. The fraction of sp³-hybridized carbons (Fsp3) is 0.429. The van der Waals surface area contributed by atoms with E-state index in [1.807, 2.05) is 30.3 Å². The van der Waals surface area contributed by atoms with Gasteiger partial charge in [-0.3, -0.25) is 0 Å². The van der Waals surface area contributed by atoms with Gasteiger partial charge in [-0.2, -0.15) is 0 Å². The summed E-state index contributed by atoms with van der Waals surface area (Å²) in [5, 5.41) is 10.4. The molecule has 4 aliphatic rings. The van der Waals surface area contributed by atoms with Gasteiger partial charge in [-0.25, -0.2) is 8.78 Å². The number of aliphatic hydroxyl groups is 1. The third-order valence-corrected chi connectivity index (χ3v) is 8.48. The zero-order valence-electron chi connectivity index (χ0n) is 17.8. The van der Waals surface area contributed by atoms with Crippen LogP contribution in [0.5, 0.6) is 0 Å². The monoisotopic (exact) mass is 418 g/mol. The summed E-state index contributed by atoms with van der Waals surface area (Å²) in [6, 6.07) is 11.4. The minimum atomic E-state index is -2.52. The Kier molecular flexibility index (Phi) is 4.07. The van der Waals surface area contributed by atoms with Crippen LogP contribution in [0, 0.1) is 0 Å². The lowest BCUT2D eigenvalue weighted by atomic mass is 9.71. The van der Waals surface area contributed by atoms with Gasteiger partial charge in [0.25, 0.3) is 6.43 Å². The van der Waals surface area contributed by atoms with Gasteiger partial charge in [0.05, 0.1) is 0 Å². The van der Waals surface area contributed by atoms with E-state index in [4.69, 9.17) is 0 Å². The average molecular weight is 419 g/mol. The Morgan fingerprint density at radius 1 is 0.839 bits per heavy atom. The molecular formula is C28H28F2O. The number of hydrogen-bond donors (Lipinski definition) is 1. The average Bonchev–Trinajstić information content (AvgIpc) is 3.65. The first-order chi connectivity index (χ1) is 14.9. The molecule has 0 unspecified atom stereocenters. The molecular weight excluding hydrogens is 390 g/mol. The topological polar surface area (TPSA) is 20.2 Å². The van der Waals surface area contributed by atoms with Crippen molar-refractivity contribution in [2.45, 2.75) is 75.0 Å². The maximum Gasteiger partial charge on any atom is 0.264 e. The molecule has 4 aliphatic carbocycles. The lowest BCUT2D eigenvalue weighted by Crippen LogP contribution is -2.25. The summed E-state index contributed by atoms with van der Waals surface area (Å²) < 4.78 is 28.4. The Labute approximate surface area is 182 Å². The molecule has 2 aromatic carbocycles. The predicted molar refractivity (Wildman–Crippen MR) is 120 cm³/mol. The van der Waals surface area contributed by atoms with Gasteiger partial charge in [-0.1, -0.05) is 30.8 Å². The Morgan fingerprint density at radius 3 is 1.84 bits per heavy atom. The highest BCUT2D eigenvalue weighted by molar-refractivity contribution is 5.82. The van der Waals surface area contributed by atoms with E-state index in [1.54, 1.807) is 0 Å². The Hall–Kier alpha value is -2.42. The van der Waals surface area contributed by atoms with Crippen LogP contribution in [0.4, 0.5) is 8.78 Å². The zero-order valence-corrected chi connectivity index (χ0v) is 17.8. The Morgan fingerprint density at radius 2 is 1.35 bits per heavy atom. The van der Waals surface area contributed by atoms with Gasteiger partial charge in [0.1, 0.15) is 5.76 Å². The predicted octanol–water partition coefficient (Wildman–Crippen LogP) is 8.00. The van der Waals surface area contributed by atoms with E-state index >= 15 is 0 Å². The third kappa shape index (κ3) is 2.92. The largest absolute Gasteiger partial charge is 0.507 e. The fourth-order valence-corrected chi connectivity index (χ4v) is 5.80. The number of aliphatic hydroxyl groups excluding tert-OH is 1. The molecule has 6 rings (SSSR count). The summed E-state index contributed by atoms with van der Waals surface area (Å²) in [4.78, 5) is 0. The minimum Gasteiger partial charge on any atom is -0.507 e. The molecule has 2 aromatic rings. The van der Waals surface area contributed by atoms with Crippen LogP contribution in [-0.2, 0) is 10.8 Å². The SMILES string of the molecule is C=C(c1ccc(C(O)=C2CCC2)cc1)c1cc2c(cc1C(F)F)C1(CCC23CC3)CC1. The quantitative estimate of drug-likeness (QED) is 0.499. The van der Waals surface area contributed by atoms with Crippen molar-refractivity contribution in [3.8, 4) is 0 Å². The molecule has 2 spiro atoms. The normalized spacial score (nSPS) is 21.7. The molecule has 3 fully saturated rings. The molecule has 0 bridgehead atoms. The van der Waals surface area contributed by atoms with E-state index in [0.29, 0.717) is 16.9 Å². The van der Waals surface area contributed by atoms with Gasteiger partial charge in [0.15, 0.2) is 0 Å². The van der Waals surface area contributed by atoms with Crippen LogP contribution in [0.15, 0.2) is 48.6 Å². The number of fused-ring (bicyclic) bond motifs is 3. The second-order valence-corrected chi connectivity index (χ2v) is 10.2.